The number of piperidine rings is 1. The fraction of sp³-hybridized carbons (Fsp3) is 0.400. The van der Waals surface area contributed by atoms with Crippen LogP contribution in [-0.2, 0) is 22.6 Å². The van der Waals surface area contributed by atoms with Crippen LogP contribution in [0, 0.1) is 0 Å². The number of hydrogen-bond donors (Lipinski definition) is 3. The van der Waals surface area contributed by atoms with Crippen molar-refractivity contribution >= 4 is 0 Å². The second-order valence-electron chi connectivity index (χ2n) is 9.07. The standard InChI is InChI=1S/C25H25F6N3O2/c1-15(17-9-19(24(26,27)28)11-20(10-17)25(29,30)31)36-14-23(18-5-3-2-4-6-18)8-7-16(13-32-23)21-12-22(35)34-33-21/h2-6,9-12,15-16,32H,7-8,13-14H2,1H3,(H2,33,34,35)/t15-,16?,23-/m1/s1. The van der Waals surface area contributed by atoms with Crippen LogP contribution < -0.4 is 10.9 Å². The molecule has 1 aromatic heterocycles. The number of nitrogens with one attached hydrogen (secondary N) is 3. The van der Waals surface area contributed by atoms with Crippen molar-refractivity contribution in [1.82, 2.24) is 15.5 Å². The lowest BCUT2D eigenvalue weighted by Gasteiger charge is -2.42. The van der Waals surface area contributed by atoms with Crippen LogP contribution in [0.2, 0.25) is 0 Å². The number of aromatic nitrogens is 2. The molecule has 0 radical (unpaired) electrons. The maximum atomic E-state index is 13.3. The van der Waals surface area contributed by atoms with E-state index in [4.69, 9.17) is 4.74 Å². The Morgan fingerprint density at radius 1 is 0.972 bits per heavy atom. The summed E-state index contributed by atoms with van der Waals surface area (Å²) in [5.41, 5.74) is -2.26. The Labute approximate surface area is 202 Å². The zero-order valence-electron chi connectivity index (χ0n) is 19.3. The van der Waals surface area contributed by atoms with Gasteiger partial charge in [0.2, 0.25) is 0 Å². The molecule has 36 heavy (non-hydrogen) atoms. The van der Waals surface area contributed by atoms with Gasteiger partial charge in [0.25, 0.3) is 5.56 Å². The highest BCUT2D eigenvalue weighted by molar-refractivity contribution is 5.35. The van der Waals surface area contributed by atoms with Crippen molar-refractivity contribution in [2.45, 2.75) is 49.7 Å². The van der Waals surface area contributed by atoms with Gasteiger partial charge in [-0.15, -0.1) is 0 Å². The maximum Gasteiger partial charge on any atom is 0.416 e. The van der Waals surface area contributed by atoms with Crippen LogP contribution in [0.4, 0.5) is 26.3 Å². The Bertz CT molecular complexity index is 1190. The van der Waals surface area contributed by atoms with Crippen molar-refractivity contribution < 1.29 is 31.1 Å². The Hall–Kier alpha value is -3.05. The van der Waals surface area contributed by atoms with E-state index in [0.29, 0.717) is 31.5 Å². The van der Waals surface area contributed by atoms with Crippen LogP contribution >= 0.6 is 0 Å². The van der Waals surface area contributed by atoms with Gasteiger partial charge in [-0.3, -0.25) is 9.89 Å². The molecule has 2 heterocycles. The van der Waals surface area contributed by atoms with Crippen LogP contribution in [0.3, 0.4) is 0 Å². The molecule has 0 amide bonds. The zero-order valence-corrected chi connectivity index (χ0v) is 19.3. The van der Waals surface area contributed by atoms with Crippen LogP contribution in [0.5, 0.6) is 0 Å². The van der Waals surface area contributed by atoms with Gasteiger partial charge in [-0.05, 0) is 49.1 Å². The van der Waals surface area contributed by atoms with E-state index in [1.165, 1.54) is 13.0 Å². The third-order valence-electron chi connectivity index (χ3n) is 6.65. The highest BCUT2D eigenvalue weighted by Gasteiger charge is 2.40. The minimum atomic E-state index is -4.93. The first kappa shape index (κ1) is 26.0. The molecule has 4 rings (SSSR count). The quantitative estimate of drug-likeness (QED) is 0.361. The molecule has 0 aliphatic carbocycles. The molecule has 1 unspecified atom stereocenters. The number of rotatable bonds is 6. The second kappa shape index (κ2) is 9.78. The van der Waals surface area contributed by atoms with Gasteiger partial charge in [0.05, 0.1) is 29.4 Å². The molecule has 0 saturated carbocycles. The summed E-state index contributed by atoms with van der Waals surface area (Å²) in [5, 5.41) is 8.83. The third-order valence-corrected chi connectivity index (χ3v) is 6.65. The van der Waals surface area contributed by atoms with Gasteiger partial charge in [0.1, 0.15) is 0 Å². The maximum absolute atomic E-state index is 13.3. The number of benzene rings is 2. The molecule has 2 aromatic carbocycles. The molecule has 1 fully saturated rings. The Kier molecular flexibility index (Phi) is 7.07. The van der Waals surface area contributed by atoms with Crippen molar-refractivity contribution in [2.75, 3.05) is 13.2 Å². The van der Waals surface area contributed by atoms with Gasteiger partial charge >= 0.3 is 12.4 Å². The molecule has 5 nitrogen and oxygen atoms in total. The van der Waals surface area contributed by atoms with Gasteiger partial charge < -0.3 is 15.2 Å². The second-order valence-corrected chi connectivity index (χ2v) is 9.07. The summed E-state index contributed by atoms with van der Waals surface area (Å²) in [7, 11) is 0. The minimum absolute atomic E-state index is 0.0200. The third kappa shape index (κ3) is 5.67. The molecule has 194 valence electrons. The first-order valence-electron chi connectivity index (χ1n) is 11.4. The van der Waals surface area contributed by atoms with Gasteiger partial charge in [-0.2, -0.15) is 26.3 Å². The number of halogens is 6. The number of H-pyrrole nitrogens is 2. The predicted molar refractivity (Wildman–Crippen MR) is 120 cm³/mol. The van der Waals surface area contributed by atoms with Crippen molar-refractivity contribution in [3.05, 3.63) is 92.9 Å². The van der Waals surface area contributed by atoms with Crippen molar-refractivity contribution in [3.8, 4) is 0 Å². The predicted octanol–water partition coefficient (Wildman–Crippen LogP) is 5.88. The van der Waals surface area contributed by atoms with Crippen LogP contribution in [0.25, 0.3) is 0 Å². The fourth-order valence-electron chi connectivity index (χ4n) is 4.55. The lowest BCUT2D eigenvalue weighted by atomic mass is 9.79. The molecule has 11 heteroatoms. The summed E-state index contributed by atoms with van der Waals surface area (Å²) < 4.78 is 85.7. The highest BCUT2D eigenvalue weighted by atomic mass is 19.4. The lowest BCUT2D eigenvalue weighted by molar-refractivity contribution is -0.143. The van der Waals surface area contributed by atoms with Crippen molar-refractivity contribution in [3.63, 3.8) is 0 Å². The highest BCUT2D eigenvalue weighted by Crippen LogP contribution is 2.40. The van der Waals surface area contributed by atoms with Gasteiger partial charge in [-0.1, -0.05) is 30.3 Å². The van der Waals surface area contributed by atoms with E-state index in [1.807, 2.05) is 30.3 Å². The molecule has 0 bridgehead atoms. The number of hydrogen-bond acceptors (Lipinski definition) is 3. The average Bonchev–Trinajstić information content (AvgIpc) is 3.28. The molecule has 0 spiro atoms. The number of ether oxygens (including phenoxy) is 1. The molecule has 3 aromatic rings. The average molecular weight is 513 g/mol. The molecular weight excluding hydrogens is 488 g/mol. The van der Waals surface area contributed by atoms with Gasteiger partial charge in [-0.25, -0.2) is 0 Å². The van der Waals surface area contributed by atoms with E-state index in [1.54, 1.807) is 0 Å². The number of aromatic amines is 2. The van der Waals surface area contributed by atoms with Gasteiger partial charge in [0, 0.05) is 24.2 Å². The molecule has 1 saturated heterocycles. The summed E-state index contributed by atoms with van der Waals surface area (Å²) in [6, 6.07) is 12.3. The normalized spacial score (nSPS) is 21.9. The molecule has 1 aliphatic rings. The first-order chi connectivity index (χ1) is 16.9. The fourth-order valence-corrected chi connectivity index (χ4v) is 4.55. The molecular formula is C25H25F6N3O2. The van der Waals surface area contributed by atoms with Crippen LogP contribution in [-0.4, -0.2) is 23.3 Å². The molecule has 1 aliphatic heterocycles. The Morgan fingerprint density at radius 2 is 1.61 bits per heavy atom. The summed E-state index contributed by atoms with van der Waals surface area (Å²) in [6.07, 6.45) is -9.65. The lowest BCUT2D eigenvalue weighted by Crippen LogP contribution is -2.51. The molecule has 3 atom stereocenters. The summed E-state index contributed by atoms with van der Waals surface area (Å²) >= 11 is 0. The van der Waals surface area contributed by atoms with E-state index < -0.39 is 35.1 Å². The minimum Gasteiger partial charge on any atom is -0.372 e. The monoisotopic (exact) mass is 513 g/mol. The van der Waals surface area contributed by atoms with E-state index in [9.17, 15) is 31.1 Å². The summed E-state index contributed by atoms with van der Waals surface area (Å²) in [6.45, 7) is 1.94. The Balaban J connectivity index is 1.57. The van der Waals surface area contributed by atoms with E-state index in [2.05, 4.69) is 15.5 Å². The zero-order chi connectivity index (χ0) is 26.1. The SMILES string of the molecule is C[C@@H](OC[C@@]1(c2ccccc2)CCC(c2cc(=O)[nH][nH]2)CN1)c1cc(C(F)(F)F)cc(C(F)(F)F)c1. The first-order valence-corrected chi connectivity index (χ1v) is 11.4. The largest absolute Gasteiger partial charge is 0.416 e. The summed E-state index contributed by atoms with van der Waals surface area (Å²) in [5.74, 6) is 0.0241. The van der Waals surface area contributed by atoms with Crippen molar-refractivity contribution in [1.29, 1.82) is 0 Å². The topological polar surface area (TPSA) is 69.9 Å². The van der Waals surface area contributed by atoms with Crippen molar-refractivity contribution in [2.24, 2.45) is 0 Å². The molecule has 3 N–H and O–H groups in total. The summed E-state index contributed by atoms with van der Waals surface area (Å²) in [4.78, 5) is 11.5. The number of alkyl halides is 6. The van der Waals surface area contributed by atoms with E-state index in [0.717, 1.165) is 11.3 Å². The Morgan fingerprint density at radius 3 is 2.11 bits per heavy atom. The van der Waals surface area contributed by atoms with Gasteiger partial charge in [0.15, 0.2) is 0 Å². The van der Waals surface area contributed by atoms with Crippen LogP contribution in [0.15, 0.2) is 59.4 Å². The smallest absolute Gasteiger partial charge is 0.372 e. The van der Waals surface area contributed by atoms with Crippen LogP contribution in [0.1, 0.15) is 59.7 Å². The van der Waals surface area contributed by atoms with E-state index >= 15 is 0 Å². The van der Waals surface area contributed by atoms with E-state index in [-0.39, 0.29) is 29.7 Å².